The molecule has 1 aromatic carbocycles. The molecule has 2 aromatic rings. The number of aryl methyl sites for hydroxylation is 2. The topological polar surface area (TPSA) is 71.1 Å². The number of nitrogens with one attached hydrogen (secondary N) is 2. The van der Waals surface area contributed by atoms with Crippen LogP contribution in [-0.2, 0) is 9.59 Å². The lowest BCUT2D eigenvalue weighted by Crippen LogP contribution is -2.47. The molecule has 6 heteroatoms. The summed E-state index contributed by atoms with van der Waals surface area (Å²) in [4.78, 5) is 28.7. The highest BCUT2D eigenvalue weighted by molar-refractivity contribution is 7.22. The molecule has 2 amide bonds. The molecule has 1 atom stereocenters. The van der Waals surface area contributed by atoms with Gasteiger partial charge in [0.1, 0.15) is 6.04 Å². The van der Waals surface area contributed by atoms with Crippen LogP contribution < -0.4 is 10.6 Å². The Morgan fingerprint density at radius 3 is 2.62 bits per heavy atom. The largest absolute Gasteiger partial charge is 0.344 e. The van der Waals surface area contributed by atoms with E-state index in [-0.39, 0.29) is 17.7 Å². The minimum Gasteiger partial charge on any atom is -0.344 e. The van der Waals surface area contributed by atoms with Crippen LogP contribution in [0.1, 0.15) is 43.7 Å². The zero-order chi connectivity index (χ0) is 17.3. The average Bonchev–Trinajstić information content (AvgIpc) is 3.13. The van der Waals surface area contributed by atoms with E-state index in [2.05, 4.69) is 34.7 Å². The number of carbonyl (C=O) groups is 2. The molecule has 5 nitrogen and oxygen atoms in total. The number of fused-ring (bicyclic) bond motifs is 1. The van der Waals surface area contributed by atoms with Crippen molar-refractivity contribution < 1.29 is 9.59 Å². The fraction of sp³-hybridized carbons (Fsp3) is 0.500. The molecule has 1 saturated carbocycles. The summed E-state index contributed by atoms with van der Waals surface area (Å²) in [6.07, 6.45) is 4.20. The van der Waals surface area contributed by atoms with Gasteiger partial charge in [0.25, 0.3) is 0 Å². The molecule has 0 bridgehead atoms. The van der Waals surface area contributed by atoms with Gasteiger partial charge >= 0.3 is 0 Å². The molecule has 2 N–H and O–H groups in total. The molecule has 1 heterocycles. The highest BCUT2D eigenvalue weighted by Gasteiger charge is 2.31. The summed E-state index contributed by atoms with van der Waals surface area (Å²) >= 11 is 1.48. The van der Waals surface area contributed by atoms with Crippen LogP contribution in [0.4, 0.5) is 5.13 Å². The van der Waals surface area contributed by atoms with E-state index in [1.807, 2.05) is 6.92 Å². The van der Waals surface area contributed by atoms with Crippen LogP contribution in [0.2, 0.25) is 0 Å². The van der Waals surface area contributed by atoms with Crippen LogP contribution in [0.5, 0.6) is 0 Å². The van der Waals surface area contributed by atoms with Crippen molar-refractivity contribution in [1.82, 2.24) is 10.3 Å². The lowest BCUT2D eigenvalue weighted by atomic mass is 9.97. The highest BCUT2D eigenvalue weighted by Crippen LogP contribution is 2.31. The van der Waals surface area contributed by atoms with Crippen LogP contribution in [0.15, 0.2) is 12.1 Å². The molecule has 0 radical (unpaired) electrons. The van der Waals surface area contributed by atoms with Crippen molar-refractivity contribution in [2.24, 2.45) is 5.92 Å². The summed E-state index contributed by atoms with van der Waals surface area (Å²) in [5, 5.41) is 6.33. The third kappa shape index (κ3) is 3.59. The molecular weight excluding hydrogens is 322 g/mol. The normalized spacial score (nSPS) is 16.3. The van der Waals surface area contributed by atoms with Gasteiger partial charge in [0, 0.05) is 6.92 Å². The van der Waals surface area contributed by atoms with Gasteiger partial charge in [0.2, 0.25) is 11.8 Å². The summed E-state index contributed by atoms with van der Waals surface area (Å²) in [7, 11) is 0. The second-order valence-corrected chi connectivity index (χ2v) is 7.69. The Hall–Kier alpha value is -1.95. The Balaban J connectivity index is 1.81. The Morgan fingerprint density at radius 2 is 1.96 bits per heavy atom. The third-order valence-electron chi connectivity index (χ3n) is 4.57. The van der Waals surface area contributed by atoms with E-state index in [1.54, 1.807) is 0 Å². The van der Waals surface area contributed by atoms with Gasteiger partial charge in [-0.2, -0.15) is 0 Å². The summed E-state index contributed by atoms with van der Waals surface area (Å²) in [5.74, 6) is -0.115. The number of amides is 2. The molecule has 128 valence electrons. The predicted molar refractivity (Wildman–Crippen MR) is 97.3 cm³/mol. The minimum atomic E-state index is -0.472. The first-order valence-corrected chi connectivity index (χ1v) is 9.21. The minimum absolute atomic E-state index is 0.162. The van der Waals surface area contributed by atoms with E-state index in [4.69, 9.17) is 0 Å². The number of carbonyl (C=O) groups excluding carboxylic acids is 2. The maximum atomic E-state index is 12.7. The summed E-state index contributed by atoms with van der Waals surface area (Å²) in [5.41, 5.74) is 3.22. The Kier molecular flexibility index (Phi) is 4.85. The standard InChI is InChI=1S/C18H23N3O2S/c1-10-8-11(2)15-14(9-10)24-18(20-15)21-17(23)16(19-12(3)22)13-6-4-5-7-13/h8-9,13,16H,4-7H2,1-3H3,(H,19,22)(H,20,21,23). The van der Waals surface area contributed by atoms with Crippen molar-refractivity contribution in [1.29, 1.82) is 0 Å². The van der Waals surface area contributed by atoms with Gasteiger partial charge in [0.15, 0.2) is 5.13 Å². The van der Waals surface area contributed by atoms with Crippen molar-refractivity contribution >= 4 is 38.5 Å². The molecule has 3 rings (SSSR count). The zero-order valence-electron chi connectivity index (χ0n) is 14.3. The number of anilines is 1. The van der Waals surface area contributed by atoms with Crippen LogP contribution in [0.3, 0.4) is 0 Å². The first kappa shape index (κ1) is 16.9. The van der Waals surface area contributed by atoms with Gasteiger partial charge in [-0.05, 0) is 49.8 Å². The molecule has 1 aromatic heterocycles. The zero-order valence-corrected chi connectivity index (χ0v) is 15.1. The van der Waals surface area contributed by atoms with Gasteiger partial charge in [-0.25, -0.2) is 4.98 Å². The van der Waals surface area contributed by atoms with E-state index in [1.165, 1.54) is 23.8 Å². The number of nitrogens with zero attached hydrogens (tertiary/aromatic N) is 1. The summed E-state index contributed by atoms with van der Waals surface area (Å²) < 4.78 is 1.07. The monoisotopic (exact) mass is 345 g/mol. The average molecular weight is 345 g/mol. The number of rotatable bonds is 4. The summed E-state index contributed by atoms with van der Waals surface area (Å²) in [6.45, 7) is 5.54. The highest BCUT2D eigenvalue weighted by atomic mass is 32.1. The van der Waals surface area contributed by atoms with Crippen LogP contribution in [-0.4, -0.2) is 22.8 Å². The maximum Gasteiger partial charge on any atom is 0.249 e. The molecule has 0 saturated heterocycles. The van der Waals surface area contributed by atoms with Crippen molar-refractivity contribution in [2.75, 3.05) is 5.32 Å². The third-order valence-corrected chi connectivity index (χ3v) is 5.49. The fourth-order valence-corrected chi connectivity index (χ4v) is 4.56. The van der Waals surface area contributed by atoms with Crippen molar-refractivity contribution in [2.45, 2.75) is 52.5 Å². The number of thiazole rings is 1. The van der Waals surface area contributed by atoms with Crippen LogP contribution >= 0.6 is 11.3 Å². The van der Waals surface area contributed by atoms with E-state index >= 15 is 0 Å². The fourth-order valence-electron chi connectivity index (χ4n) is 3.51. The molecule has 0 aliphatic heterocycles. The quantitative estimate of drug-likeness (QED) is 0.890. The lowest BCUT2D eigenvalue weighted by Gasteiger charge is -2.22. The number of aromatic nitrogens is 1. The molecule has 24 heavy (non-hydrogen) atoms. The molecule has 0 spiro atoms. The van der Waals surface area contributed by atoms with Crippen molar-refractivity contribution in [3.05, 3.63) is 23.3 Å². The molecule has 1 aliphatic carbocycles. The number of hydrogen-bond donors (Lipinski definition) is 2. The van der Waals surface area contributed by atoms with E-state index < -0.39 is 6.04 Å². The molecule has 1 fully saturated rings. The molecule has 1 aliphatic rings. The SMILES string of the molecule is CC(=O)NC(C(=O)Nc1nc2c(C)cc(C)cc2s1)C1CCCC1. The van der Waals surface area contributed by atoms with Crippen molar-refractivity contribution in [3.63, 3.8) is 0 Å². The Morgan fingerprint density at radius 1 is 1.25 bits per heavy atom. The smallest absolute Gasteiger partial charge is 0.249 e. The van der Waals surface area contributed by atoms with E-state index in [0.717, 1.165) is 41.5 Å². The number of benzene rings is 1. The number of hydrogen-bond acceptors (Lipinski definition) is 4. The van der Waals surface area contributed by atoms with Gasteiger partial charge in [0.05, 0.1) is 10.2 Å². The Bertz CT molecular complexity index is 778. The van der Waals surface area contributed by atoms with E-state index in [0.29, 0.717) is 5.13 Å². The first-order valence-electron chi connectivity index (χ1n) is 8.40. The van der Waals surface area contributed by atoms with E-state index in [9.17, 15) is 9.59 Å². The van der Waals surface area contributed by atoms with Crippen molar-refractivity contribution in [3.8, 4) is 0 Å². The van der Waals surface area contributed by atoms with Gasteiger partial charge in [-0.1, -0.05) is 30.2 Å². The van der Waals surface area contributed by atoms with Gasteiger partial charge < -0.3 is 10.6 Å². The molecule has 1 unspecified atom stereocenters. The van der Waals surface area contributed by atoms with Gasteiger partial charge in [-0.3, -0.25) is 9.59 Å². The van der Waals surface area contributed by atoms with Crippen LogP contribution in [0, 0.1) is 19.8 Å². The van der Waals surface area contributed by atoms with Gasteiger partial charge in [-0.15, -0.1) is 0 Å². The molecular formula is C18H23N3O2S. The first-order chi connectivity index (χ1) is 11.4. The van der Waals surface area contributed by atoms with Crippen LogP contribution in [0.25, 0.3) is 10.2 Å². The Labute approximate surface area is 145 Å². The second-order valence-electron chi connectivity index (χ2n) is 6.66. The predicted octanol–water partition coefficient (Wildman–Crippen LogP) is 3.55. The maximum absolute atomic E-state index is 12.7. The lowest BCUT2D eigenvalue weighted by molar-refractivity contribution is -0.126. The summed E-state index contributed by atoms with van der Waals surface area (Å²) in [6, 6.07) is 3.70. The second kappa shape index (κ2) is 6.89.